The van der Waals surface area contributed by atoms with Crippen LogP contribution in [0.5, 0.6) is 0 Å². The molecule has 3 aliphatic heterocycles. The van der Waals surface area contributed by atoms with Crippen LogP contribution in [0.3, 0.4) is 0 Å². The number of nitrogens with zero attached hydrogens (tertiary/aromatic N) is 4. The second kappa shape index (κ2) is 7.20. The fourth-order valence-corrected chi connectivity index (χ4v) is 5.20. The maximum atomic E-state index is 13.1. The highest BCUT2D eigenvalue weighted by atomic mass is 16.2. The third-order valence-corrected chi connectivity index (χ3v) is 6.43. The van der Waals surface area contributed by atoms with E-state index < -0.39 is 0 Å². The van der Waals surface area contributed by atoms with E-state index in [0.717, 1.165) is 12.8 Å². The van der Waals surface area contributed by atoms with Crippen molar-refractivity contribution in [2.24, 2.45) is 11.8 Å². The second-order valence-corrected chi connectivity index (χ2v) is 8.57. The van der Waals surface area contributed by atoms with Gasteiger partial charge < -0.3 is 24.9 Å². The van der Waals surface area contributed by atoms with Gasteiger partial charge in [-0.05, 0) is 33.6 Å². The van der Waals surface area contributed by atoms with Gasteiger partial charge in [-0.3, -0.25) is 4.79 Å². The van der Waals surface area contributed by atoms with Gasteiger partial charge in [0.25, 0.3) is 0 Å². The summed E-state index contributed by atoms with van der Waals surface area (Å²) in [5, 5.41) is 2.95. The molecule has 152 valence electrons. The summed E-state index contributed by atoms with van der Waals surface area (Å²) in [5.74, 6) is 0.227. The lowest BCUT2D eigenvalue weighted by Gasteiger charge is -2.47. The Bertz CT molecular complexity index is 612. The van der Waals surface area contributed by atoms with E-state index in [1.165, 1.54) is 0 Å². The molecule has 27 heavy (non-hydrogen) atoms. The van der Waals surface area contributed by atoms with Crippen molar-refractivity contribution < 1.29 is 14.4 Å². The largest absolute Gasteiger partial charge is 0.336 e. The minimum Gasteiger partial charge on any atom is -0.336 e. The second-order valence-electron chi connectivity index (χ2n) is 8.57. The summed E-state index contributed by atoms with van der Waals surface area (Å²) in [5.41, 5.74) is -0.230. The summed E-state index contributed by atoms with van der Waals surface area (Å²) in [6.07, 6.45) is 1.56. The van der Waals surface area contributed by atoms with E-state index in [9.17, 15) is 14.4 Å². The summed E-state index contributed by atoms with van der Waals surface area (Å²) in [7, 11) is 3.50. The molecule has 0 bridgehead atoms. The van der Waals surface area contributed by atoms with Crippen molar-refractivity contribution in [2.45, 2.75) is 45.2 Å². The molecule has 0 aromatic carbocycles. The number of hydrogen-bond acceptors (Lipinski definition) is 3. The quantitative estimate of drug-likeness (QED) is 0.779. The summed E-state index contributed by atoms with van der Waals surface area (Å²) in [6, 6.07) is 0.0575. The Kier molecular flexibility index (Phi) is 5.27. The predicted molar refractivity (Wildman–Crippen MR) is 102 cm³/mol. The lowest BCUT2D eigenvalue weighted by molar-refractivity contribution is -0.135. The molecular weight excluding hydrogens is 346 g/mol. The van der Waals surface area contributed by atoms with Gasteiger partial charge in [-0.15, -0.1) is 0 Å². The smallest absolute Gasteiger partial charge is 0.319 e. The fourth-order valence-electron chi connectivity index (χ4n) is 5.20. The number of amides is 5. The SMILES string of the molecule is CCN1C(=O)[C@H]2CN(C(=O)N(C)C)C[C@H]2C12CCN(C(=O)NC(C)C)CC2. The number of piperidine rings is 1. The van der Waals surface area contributed by atoms with Crippen LogP contribution >= 0.6 is 0 Å². The number of rotatable bonds is 2. The molecule has 3 heterocycles. The van der Waals surface area contributed by atoms with Crippen LogP contribution in [0.25, 0.3) is 0 Å². The molecule has 0 aliphatic carbocycles. The van der Waals surface area contributed by atoms with Crippen molar-refractivity contribution in [3.8, 4) is 0 Å². The zero-order chi connectivity index (χ0) is 19.9. The van der Waals surface area contributed by atoms with Gasteiger partial charge in [0.15, 0.2) is 0 Å². The van der Waals surface area contributed by atoms with E-state index in [1.807, 2.05) is 35.5 Å². The van der Waals surface area contributed by atoms with E-state index in [2.05, 4.69) is 5.32 Å². The lowest BCUT2D eigenvalue weighted by Crippen LogP contribution is -2.59. The van der Waals surface area contributed by atoms with E-state index in [4.69, 9.17) is 0 Å². The molecule has 0 aromatic rings. The zero-order valence-corrected chi connectivity index (χ0v) is 17.2. The highest BCUT2D eigenvalue weighted by molar-refractivity contribution is 5.86. The maximum absolute atomic E-state index is 13.1. The monoisotopic (exact) mass is 379 g/mol. The van der Waals surface area contributed by atoms with Crippen molar-refractivity contribution >= 4 is 18.0 Å². The number of likely N-dealkylation sites (tertiary alicyclic amines) is 3. The van der Waals surface area contributed by atoms with Crippen LogP contribution < -0.4 is 5.32 Å². The lowest BCUT2D eigenvalue weighted by atomic mass is 9.75. The Balaban J connectivity index is 1.76. The van der Waals surface area contributed by atoms with Crippen LogP contribution in [0.15, 0.2) is 0 Å². The number of carbonyl (C=O) groups excluding carboxylic acids is 3. The van der Waals surface area contributed by atoms with Gasteiger partial charge >= 0.3 is 12.1 Å². The molecule has 0 unspecified atom stereocenters. The Labute approximate surface area is 161 Å². The number of carbonyl (C=O) groups is 3. The molecule has 3 rings (SSSR count). The summed E-state index contributed by atoms with van der Waals surface area (Å²) in [6.45, 7) is 9.06. The van der Waals surface area contributed by atoms with Gasteiger partial charge in [0.2, 0.25) is 5.91 Å². The Morgan fingerprint density at radius 1 is 1.19 bits per heavy atom. The molecule has 3 saturated heterocycles. The van der Waals surface area contributed by atoms with Gasteiger partial charge in [0.1, 0.15) is 0 Å². The third-order valence-electron chi connectivity index (χ3n) is 6.43. The molecule has 5 amide bonds. The normalized spacial score (nSPS) is 26.7. The van der Waals surface area contributed by atoms with Gasteiger partial charge in [-0.1, -0.05) is 0 Å². The Hall–Kier alpha value is -1.99. The first-order valence-corrected chi connectivity index (χ1v) is 10.0. The van der Waals surface area contributed by atoms with Crippen LogP contribution in [-0.2, 0) is 4.79 Å². The molecule has 3 aliphatic rings. The van der Waals surface area contributed by atoms with Gasteiger partial charge in [0.05, 0.1) is 11.5 Å². The average Bonchev–Trinajstić information content (AvgIpc) is 3.14. The summed E-state index contributed by atoms with van der Waals surface area (Å²) >= 11 is 0. The standard InChI is InChI=1S/C19H33N5O3/c1-6-24-16(25)14-11-23(18(27)21(4)5)12-15(14)19(24)7-9-22(10-8-19)17(26)20-13(2)3/h13-15H,6-12H2,1-5H3,(H,20,26)/t14-,15+/m0/s1. The van der Waals surface area contributed by atoms with Crippen molar-refractivity contribution in [3.63, 3.8) is 0 Å². The highest BCUT2D eigenvalue weighted by Crippen LogP contribution is 2.49. The van der Waals surface area contributed by atoms with Crippen molar-refractivity contribution in [1.82, 2.24) is 24.9 Å². The molecule has 3 fully saturated rings. The fraction of sp³-hybridized carbons (Fsp3) is 0.842. The van der Waals surface area contributed by atoms with Gasteiger partial charge in [0, 0.05) is 58.8 Å². The van der Waals surface area contributed by atoms with E-state index in [1.54, 1.807) is 19.0 Å². The minimum absolute atomic E-state index is 0.0239. The summed E-state index contributed by atoms with van der Waals surface area (Å²) in [4.78, 5) is 45.1. The Morgan fingerprint density at radius 3 is 2.33 bits per heavy atom. The number of urea groups is 2. The van der Waals surface area contributed by atoms with Crippen LogP contribution in [0.4, 0.5) is 9.59 Å². The van der Waals surface area contributed by atoms with Gasteiger partial charge in [-0.25, -0.2) is 9.59 Å². The molecule has 8 nitrogen and oxygen atoms in total. The first-order chi connectivity index (χ1) is 12.7. The zero-order valence-electron chi connectivity index (χ0n) is 17.2. The molecular formula is C19H33N5O3. The highest BCUT2D eigenvalue weighted by Gasteiger charge is 2.61. The van der Waals surface area contributed by atoms with Crippen molar-refractivity contribution in [3.05, 3.63) is 0 Å². The van der Waals surface area contributed by atoms with Crippen LogP contribution in [0, 0.1) is 11.8 Å². The molecule has 1 spiro atoms. The molecule has 1 N–H and O–H groups in total. The summed E-state index contributed by atoms with van der Waals surface area (Å²) < 4.78 is 0. The Morgan fingerprint density at radius 2 is 1.81 bits per heavy atom. The molecule has 0 aromatic heterocycles. The van der Waals surface area contributed by atoms with Crippen LogP contribution in [0.1, 0.15) is 33.6 Å². The maximum Gasteiger partial charge on any atom is 0.319 e. The predicted octanol–water partition coefficient (Wildman–Crippen LogP) is 1.03. The third kappa shape index (κ3) is 3.23. The first kappa shape index (κ1) is 19.8. The van der Waals surface area contributed by atoms with Crippen LogP contribution in [-0.4, -0.2) is 96.0 Å². The number of fused-ring (bicyclic) bond motifs is 2. The minimum atomic E-state index is -0.230. The molecule has 0 radical (unpaired) electrons. The molecule has 8 heteroatoms. The van der Waals surface area contributed by atoms with E-state index in [0.29, 0.717) is 32.7 Å². The molecule has 0 saturated carbocycles. The van der Waals surface area contributed by atoms with E-state index >= 15 is 0 Å². The van der Waals surface area contributed by atoms with Crippen molar-refractivity contribution in [2.75, 3.05) is 46.8 Å². The topological polar surface area (TPSA) is 76.2 Å². The molecule has 2 atom stereocenters. The van der Waals surface area contributed by atoms with Crippen LogP contribution in [0.2, 0.25) is 0 Å². The average molecular weight is 380 g/mol. The number of nitrogens with one attached hydrogen (secondary N) is 1. The number of hydrogen-bond donors (Lipinski definition) is 1. The first-order valence-electron chi connectivity index (χ1n) is 10.0. The van der Waals surface area contributed by atoms with Crippen molar-refractivity contribution in [1.29, 1.82) is 0 Å². The van der Waals surface area contributed by atoms with E-state index in [-0.39, 0.29) is 41.4 Å². The van der Waals surface area contributed by atoms with Gasteiger partial charge in [-0.2, -0.15) is 0 Å².